The van der Waals surface area contributed by atoms with Crippen LogP contribution >= 0.6 is 0 Å². The number of aromatic carboxylic acids is 1. The molecule has 3 aromatic rings. The molecule has 0 aliphatic heterocycles. The van der Waals surface area contributed by atoms with E-state index in [4.69, 9.17) is 4.52 Å². The van der Waals surface area contributed by atoms with Crippen molar-refractivity contribution >= 4 is 17.0 Å². The second-order valence-electron chi connectivity index (χ2n) is 4.65. The monoisotopic (exact) mass is 271 g/mol. The smallest absolute Gasteiger partial charge is 0.337 e. The number of nitrogens with zero attached hydrogens (tertiary/aromatic N) is 3. The zero-order chi connectivity index (χ0) is 14.3. The zero-order valence-electron chi connectivity index (χ0n) is 11.1. The molecule has 1 aromatic carbocycles. The van der Waals surface area contributed by atoms with E-state index in [0.717, 1.165) is 17.0 Å². The Kier molecular flexibility index (Phi) is 2.78. The number of hydrogen-bond donors (Lipinski definition) is 1. The second-order valence-corrected chi connectivity index (χ2v) is 4.65. The highest BCUT2D eigenvalue weighted by molar-refractivity contribution is 6.01. The molecule has 6 heteroatoms. The highest BCUT2D eigenvalue weighted by Gasteiger charge is 2.16. The minimum atomic E-state index is -0.962. The summed E-state index contributed by atoms with van der Waals surface area (Å²) in [7, 11) is 0. The van der Waals surface area contributed by atoms with Gasteiger partial charge in [-0.2, -0.15) is 0 Å². The fourth-order valence-electron chi connectivity index (χ4n) is 2.32. The van der Waals surface area contributed by atoms with Gasteiger partial charge in [-0.3, -0.25) is 0 Å². The zero-order valence-corrected chi connectivity index (χ0v) is 11.1. The van der Waals surface area contributed by atoms with Gasteiger partial charge in [-0.05, 0) is 26.0 Å². The predicted molar refractivity (Wildman–Crippen MR) is 71.8 cm³/mol. The Hall–Kier alpha value is -2.63. The molecule has 0 radical (unpaired) electrons. The van der Waals surface area contributed by atoms with Crippen LogP contribution in [0.3, 0.4) is 0 Å². The van der Waals surface area contributed by atoms with E-state index in [0.29, 0.717) is 17.6 Å². The van der Waals surface area contributed by atoms with E-state index < -0.39 is 5.97 Å². The van der Waals surface area contributed by atoms with Gasteiger partial charge in [-0.15, -0.1) is 0 Å². The fraction of sp³-hybridized carbons (Fsp3) is 0.214. The summed E-state index contributed by atoms with van der Waals surface area (Å²) in [5, 5.41) is 13.2. The summed E-state index contributed by atoms with van der Waals surface area (Å²) in [5.74, 6) is -0.228. The fourth-order valence-corrected chi connectivity index (χ4v) is 2.32. The third kappa shape index (κ3) is 1.85. The molecule has 6 nitrogen and oxygen atoms in total. The van der Waals surface area contributed by atoms with E-state index in [1.165, 1.54) is 0 Å². The molecule has 2 heterocycles. The number of fused-ring (bicyclic) bond motifs is 1. The Labute approximate surface area is 114 Å². The summed E-state index contributed by atoms with van der Waals surface area (Å²) in [6.45, 7) is 4.19. The highest BCUT2D eigenvalue weighted by atomic mass is 16.5. The Balaban J connectivity index is 2.15. The van der Waals surface area contributed by atoms with Crippen LogP contribution in [-0.2, 0) is 6.54 Å². The molecule has 0 saturated carbocycles. The molecule has 0 saturated heterocycles. The molecule has 0 bridgehead atoms. The molecule has 0 fully saturated rings. The quantitative estimate of drug-likeness (QED) is 0.791. The van der Waals surface area contributed by atoms with E-state index in [2.05, 4.69) is 10.1 Å². The first-order chi connectivity index (χ1) is 9.58. The van der Waals surface area contributed by atoms with E-state index in [9.17, 15) is 9.90 Å². The van der Waals surface area contributed by atoms with Crippen LogP contribution in [0.1, 0.15) is 27.4 Å². The van der Waals surface area contributed by atoms with Crippen LogP contribution < -0.4 is 0 Å². The lowest BCUT2D eigenvalue weighted by molar-refractivity contribution is 0.0698. The predicted octanol–water partition coefficient (Wildman–Crippen LogP) is 2.39. The number of para-hydroxylation sites is 1. The van der Waals surface area contributed by atoms with Crippen molar-refractivity contribution < 1.29 is 14.4 Å². The second kappa shape index (κ2) is 4.48. The molecule has 0 aliphatic carbocycles. The van der Waals surface area contributed by atoms with Gasteiger partial charge in [0.15, 0.2) is 0 Å². The molecule has 0 unspecified atom stereocenters. The number of imidazole rings is 1. The Morgan fingerprint density at radius 3 is 2.85 bits per heavy atom. The summed E-state index contributed by atoms with van der Waals surface area (Å²) in [4.78, 5) is 15.6. The maximum Gasteiger partial charge on any atom is 0.337 e. The Morgan fingerprint density at radius 1 is 1.40 bits per heavy atom. The number of rotatable bonds is 3. The largest absolute Gasteiger partial charge is 0.478 e. The maximum atomic E-state index is 11.3. The minimum absolute atomic E-state index is 0.242. The molecule has 102 valence electrons. The van der Waals surface area contributed by atoms with Crippen molar-refractivity contribution in [3.63, 3.8) is 0 Å². The molecule has 2 aromatic heterocycles. The SMILES string of the molecule is Cc1noc(C)c1Cn1cnc2cccc(C(=O)O)c21. The van der Waals surface area contributed by atoms with E-state index in [1.807, 2.05) is 18.4 Å². The molecule has 20 heavy (non-hydrogen) atoms. The lowest BCUT2D eigenvalue weighted by atomic mass is 10.1. The molecule has 0 atom stereocenters. The van der Waals surface area contributed by atoms with Crippen LogP contribution in [0.2, 0.25) is 0 Å². The summed E-state index contributed by atoms with van der Waals surface area (Å²) in [5.41, 5.74) is 3.27. The topological polar surface area (TPSA) is 81.2 Å². The first kappa shape index (κ1) is 12.4. The summed E-state index contributed by atoms with van der Waals surface area (Å²) in [6, 6.07) is 5.07. The Bertz CT molecular complexity index is 782. The van der Waals surface area contributed by atoms with Gasteiger partial charge in [0.1, 0.15) is 5.76 Å². The van der Waals surface area contributed by atoms with Crippen molar-refractivity contribution in [1.82, 2.24) is 14.7 Å². The number of carboxylic acids is 1. The summed E-state index contributed by atoms with van der Waals surface area (Å²) in [6.07, 6.45) is 1.64. The number of aromatic nitrogens is 3. The van der Waals surface area contributed by atoms with Crippen LogP contribution in [0.15, 0.2) is 29.0 Å². The van der Waals surface area contributed by atoms with Gasteiger partial charge in [-0.1, -0.05) is 11.2 Å². The molecule has 3 rings (SSSR count). The average molecular weight is 271 g/mol. The van der Waals surface area contributed by atoms with Gasteiger partial charge < -0.3 is 14.2 Å². The van der Waals surface area contributed by atoms with Gasteiger partial charge in [0.05, 0.1) is 35.2 Å². The standard InChI is InChI=1S/C14H13N3O3/c1-8-11(9(2)20-16-8)6-17-7-15-12-5-3-4-10(13(12)17)14(18)19/h3-5,7H,6H2,1-2H3,(H,18,19). The molecule has 0 spiro atoms. The van der Waals surface area contributed by atoms with Crippen molar-refractivity contribution in [3.8, 4) is 0 Å². The molecular weight excluding hydrogens is 258 g/mol. The van der Waals surface area contributed by atoms with Crippen LogP contribution in [0.25, 0.3) is 11.0 Å². The first-order valence-electron chi connectivity index (χ1n) is 6.17. The number of benzene rings is 1. The third-order valence-electron chi connectivity index (χ3n) is 3.38. The molecule has 0 amide bonds. The molecule has 1 N–H and O–H groups in total. The van der Waals surface area contributed by atoms with Crippen molar-refractivity contribution in [2.45, 2.75) is 20.4 Å². The van der Waals surface area contributed by atoms with Crippen LogP contribution in [0.4, 0.5) is 0 Å². The molecule has 0 aliphatic rings. The van der Waals surface area contributed by atoms with Crippen LogP contribution in [-0.4, -0.2) is 25.8 Å². The average Bonchev–Trinajstić information content (AvgIpc) is 2.97. The van der Waals surface area contributed by atoms with E-state index in [1.54, 1.807) is 24.5 Å². The maximum absolute atomic E-state index is 11.3. The van der Waals surface area contributed by atoms with Gasteiger partial charge in [0.25, 0.3) is 0 Å². The van der Waals surface area contributed by atoms with Crippen molar-refractivity contribution in [2.75, 3.05) is 0 Å². The summed E-state index contributed by atoms with van der Waals surface area (Å²) >= 11 is 0. The summed E-state index contributed by atoms with van der Waals surface area (Å²) < 4.78 is 6.94. The Morgan fingerprint density at radius 2 is 2.20 bits per heavy atom. The van der Waals surface area contributed by atoms with Gasteiger partial charge in [0.2, 0.25) is 0 Å². The number of carboxylic acid groups (broad SMARTS) is 1. The van der Waals surface area contributed by atoms with E-state index >= 15 is 0 Å². The van der Waals surface area contributed by atoms with Crippen molar-refractivity contribution in [2.24, 2.45) is 0 Å². The normalized spacial score (nSPS) is 11.1. The van der Waals surface area contributed by atoms with E-state index in [-0.39, 0.29) is 5.56 Å². The molecular formula is C14H13N3O3. The van der Waals surface area contributed by atoms with Gasteiger partial charge in [-0.25, -0.2) is 9.78 Å². The lowest BCUT2D eigenvalue weighted by Gasteiger charge is -2.06. The number of aryl methyl sites for hydroxylation is 2. The van der Waals surface area contributed by atoms with Crippen molar-refractivity contribution in [3.05, 3.63) is 47.1 Å². The number of hydrogen-bond acceptors (Lipinski definition) is 4. The van der Waals surface area contributed by atoms with Crippen molar-refractivity contribution in [1.29, 1.82) is 0 Å². The lowest BCUT2D eigenvalue weighted by Crippen LogP contribution is -2.05. The van der Waals surface area contributed by atoms with Gasteiger partial charge in [0, 0.05) is 5.56 Å². The first-order valence-corrected chi connectivity index (χ1v) is 6.17. The van der Waals surface area contributed by atoms with Crippen LogP contribution in [0.5, 0.6) is 0 Å². The highest BCUT2D eigenvalue weighted by Crippen LogP contribution is 2.21. The number of carbonyl (C=O) groups is 1. The minimum Gasteiger partial charge on any atom is -0.478 e. The van der Waals surface area contributed by atoms with Gasteiger partial charge >= 0.3 is 5.97 Å². The third-order valence-corrected chi connectivity index (χ3v) is 3.38. The van der Waals surface area contributed by atoms with Crippen LogP contribution in [0, 0.1) is 13.8 Å².